The van der Waals surface area contributed by atoms with Crippen molar-refractivity contribution < 1.29 is 4.42 Å². The summed E-state index contributed by atoms with van der Waals surface area (Å²) in [5.74, 6) is 1.10. The Morgan fingerprint density at radius 3 is 3.00 bits per heavy atom. The lowest BCUT2D eigenvalue weighted by molar-refractivity contribution is 0.476. The summed E-state index contributed by atoms with van der Waals surface area (Å²) in [6.45, 7) is 5.63. The molecule has 0 atom stereocenters. The van der Waals surface area contributed by atoms with Gasteiger partial charge in [0.05, 0.1) is 11.6 Å². The molecule has 0 spiro atoms. The molecule has 0 amide bonds. The van der Waals surface area contributed by atoms with Crippen LogP contribution in [0.3, 0.4) is 0 Å². The van der Waals surface area contributed by atoms with Gasteiger partial charge in [-0.15, -0.1) is 21.5 Å². The van der Waals surface area contributed by atoms with Crippen LogP contribution in [-0.2, 0) is 6.54 Å². The average molecular weight is 238 g/mol. The van der Waals surface area contributed by atoms with Crippen molar-refractivity contribution in [3.05, 3.63) is 16.3 Å². The molecule has 0 aliphatic rings. The fraction of sp³-hybridized carbons (Fsp3) is 0.500. The van der Waals surface area contributed by atoms with Gasteiger partial charge in [-0.2, -0.15) is 0 Å². The Morgan fingerprint density at radius 1 is 1.44 bits per heavy atom. The van der Waals surface area contributed by atoms with Crippen LogP contribution in [0.5, 0.6) is 0 Å². The van der Waals surface area contributed by atoms with E-state index in [4.69, 9.17) is 4.42 Å². The second-order valence-corrected chi connectivity index (χ2v) is 4.49. The number of nitrogens with zero attached hydrogens (tertiary/aromatic N) is 3. The van der Waals surface area contributed by atoms with Crippen LogP contribution in [0.1, 0.15) is 24.2 Å². The first-order valence-electron chi connectivity index (χ1n) is 5.25. The number of rotatable bonds is 5. The molecule has 1 N–H and O–H groups in total. The standard InChI is InChI=1S/C10H14N4OS/c1-3-4-11-5-9-13-14-10(15-9)8-6-16-7(2)12-8/h6,11H,3-5H2,1-2H3. The Labute approximate surface area is 97.9 Å². The summed E-state index contributed by atoms with van der Waals surface area (Å²) in [6, 6.07) is 0. The first-order valence-corrected chi connectivity index (χ1v) is 6.13. The van der Waals surface area contributed by atoms with E-state index in [1.165, 1.54) is 0 Å². The first-order chi connectivity index (χ1) is 7.79. The van der Waals surface area contributed by atoms with Crippen molar-refractivity contribution in [2.24, 2.45) is 0 Å². The summed E-state index contributed by atoms with van der Waals surface area (Å²) in [5, 5.41) is 14.1. The molecule has 0 radical (unpaired) electrons. The number of hydrogen-bond donors (Lipinski definition) is 1. The number of aryl methyl sites for hydroxylation is 1. The van der Waals surface area contributed by atoms with Crippen molar-refractivity contribution in [3.63, 3.8) is 0 Å². The van der Waals surface area contributed by atoms with Gasteiger partial charge in [0.25, 0.3) is 5.89 Å². The molecule has 0 saturated heterocycles. The highest BCUT2D eigenvalue weighted by molar-refractivity contribution is 7.09. The summed E-state index contributed by atoms with van der Waals surface area (Å²) in [5.41, 5.74) is 0.761. The van der Waals surface area contributed by atoms with Crippen molar-refractivity contribution in [3.8, 4) is 11.6 Å². The van der Waals surface area contributed by atoms with Crippen LogP contribution in [0, 0.1) is 6.92 Å². The van der Waals surface area contributed by atoms with E-state index in [0.29, 0.717) is 18.3 Å². The summed E-state index contributed by atoms with van der Waals surface area (Å²) in [7, 11) is 0. The largest absolute Gasteiger partial charge is 0.418 e. The molecule has 0 fully saturated rings. The smallest absolute Gasteiger partial charge is 0.267 e. The second kappa shape index (κ2) is 5.18. The molecule has 6 heteroatoms. The predicted octanol–water partition coefficient (Wildman–Crippen LogP) is 2.00. The fourth-order valence-electron chi connectivity index (χ4n) is 1.26. The van der Waals surface area contributed by atoms with E-state index in [9.17, 15) is 0 Å². The van der Waals surface area contributed by atoms with Gasteiger partial charge in [0.2, 0.25) is 5.89 Å². The molecule has 2 rings (SSSR count). The summed E-state index contributed by atoms with van der Waals surface area (Å²) in [6.07, 6.45) is 1.09. The second-order valence-electron chi connectivity index (χ2n) is 3.43. The van der Waals surface area contributed by atoms with Gasteiger partial charge in [-0.25, -0.2) is 4.98 Å². The van der Waals surface area contributed by atoms with Gasteiger partial charge in [0.1, 0.15) is 5.69 Å². The number of hydrogen-bond acceptors (Lipinski definition) is 6. The minimum absolute atomic E-state index is 0.498. The topological polar surface area (TPSA) is 63.8 Å². The van der Waals surface area contributed by atoms with Crippen LogP contribution >= 0.6 is 11.3 Å². The normalized spacial score (nSPS) is 10.9. The molecule has 2 aromatic heterocycles. The van der Waals surface area contributed by atoms with Gasteiger partial charge < -0.3 is 9.73 Å². The van der Waals surface area contributed by atoms with E-state index < -0.39 is 0 Å². The molecule has 16 heavy (non-hydrogen) atoms. The molecule has 0 aliphatic carbocycles. The third-order valence-electron chi connectivity index (χ3n) is 2.01. The Kier molecular flexibility index (Phi) is 3.63. The summed E-state index contributed by atoms with van der Waals surface area (Å²) >= 11 is 1.58. The number of aromatic nitrogens is 3. The lowest BCUT2D eigenvalue weighted by atomic mass is 10.5. The molecule has 86 valence electrons. The summed E-state index contributed by atoms with van der Waals surface area (Å²) in [4.78, 5) is 4.29. The monoisotopic (exact) mass is 238 g/mol. The molecule has 5 nitrogen and oxygen atoms in total. The van der Waals surface area contributed by atoms with E-state index >= 15 is 0 Å². The summed E-state index contributed by atoms with van der Waals surface area (Å²) < 4.78 is 5.49. The van der Waals surface area contributed by atoms with Crippen molar-refractivity contribution in [2.75, 3.05) is 6.54 Å². The fourth-order valence-corrected chi connectivity index (χ4v) is 1.85. The lowest BCUT2D eigenvalue weighted by Crippen LogP contribution is -2.13. The minimum atomic E-state index is 0.498. The third-order valence-corrected chi connectivity index (χ3v) is 2.78. The van der Waals surface area contributed by atoms with Gasteiger partial charge in [-0.3, -0.25) is 0 Å². The third kappa shape index (κ3) is 2.65. The number of thiazole rings is 1. The Bertz CT molecular complexity index is 451. The van der Waals surface area contributed by atoms with Crippen molar-refractivity contribution in [2.45, 2.75) is 26.8 Å². The highest BCUT2D eigenvalue weighted by Crippen LogP contribution is 2.19. The van der Waals surface area contributed by atoms with Gasteiger partial charge in [0, 0.05) is 5.38 Å². The van der Waals surface area contributed by atoms with Crippen LogP contribution in [-0.4, -0.2) is 21.7 Å². The van der Waals surface area contributed by atoms with E-state index in [1.54, 1.807) is 11.3 Å². The lowest BCUT2D eigenvalue weighted by Gasteiger charge is -1.96. The zero-order valence-corrected chi connectivity index (χ0v) is 10.2. The van der Waals surface area contributed by atoms with Crippen LogP contribution in [0.4, 0.5) is 0 Å². The Hall–Kier alpha value is -1.27. The van der Waals surface area contributed by atoms with Gasteiger partial charge >= 0.3 is 0 Å². The van der Waals surface area contributed by atoms with Crippen LogP contribution in [0.15, 0.2) is 9.80 Å². The Balaban J connectivity index is 2.02. The predicted molar refractivity (Wildman–Crippen MR) is 62.1 cm³/mol. The van der Waals surface area contributed by atoms with Crippen molar-refractivity contribution in [1.82, 2.24) is 20.5 Å². The molecule has 0 aliphatic heterocycles. The molecule has 0 bridgehead atoms. The highest BCUT2D eigenvalue weighted by atomic mass is 32.1. The zero-order chi connectivity index (χ0) is 11.4. The molecule has 0 saturated carbocycles. The first kappa shape index (κ1) is 11.2. The van der Waals surface area contributed by atoms with E-state index in [0.717, 1.165) is 23.7 Å². The SMILES string of the molecule is CCCNCc1nnc(-c2csc(C)n2)o1. The quantitative estimate of drug-likeness (QED) is 0.807. The maximum Gasteiger partial charge on any atom is 0.267 e. The van der Waals surface area contributed by atoms with Gasteiger partial charge in [0.15, 0.2) is 0 Å². The molecular formula is C10H14N4OS. The van der Waals surface area contributed by atoms with Crippen LogP contribution in [0.2, 0.25) is 0 Å². The molecule has 0 unspecified atom stereocenters. The molecular weight excluding hydrogens is 224 g/mol. The van der Waals surface area contributed by atoms with Crippen molar-refractivity contribution in [1.29, 1.82) is 0 Å². The Morgan fingerprint density at radius 2 is 2.31 bits per heavy atom. The maximum atomic E-state index is 5.49. The number of nitrogens with one attached hydrogen (secondary N) is 1. The zero-order valence-electron chi connectivity index (χ0n) is 9.36. The molecule has 2 heterocycles. The van der Waals surface area contributed by atoms with E-state index in [1.807, 2.05) is 12.3 Å². The molecule has 0 aromatic carbocycles. The van der Waals surface area contributed by atoms with E-state index in [-0.39, 0.29) is 0 Å². The van der Waals surface area contributed by atoms with E-state index in [2.05, 4.69) is 27.4 Å². The maximum absolute atomic E-state index is 5.49. The van der Waals surface area contributed by atoms with Gasteiger partial charge in [-0.1, -0.05) is 6.92 Å². The van der Waals surface area contributed by atoms with Gasteiger partial charge in [-0.05, 0) is 19.9 Å². The van der Waals surface area contributed by atoms with Crippen molar-refractivity contribution >= 4 is 11.3 Å². The molecule has 2 aromatic rings. The highest BCUT2D eigenvalue weighted by Gasteiger charge is 2.10. The van der Waals surface area contributed by atoms with Crippen LogP contribution in [0.25, 0.3) is 11.6 Å². The minimum Gasteiger partial charge on any atom is -0.418 e. The van der Waals surface area contributed by atoms with Crippen LogP contribution < -0.4 is 5.32 Å². The average Bonchev–Trinajstić information content (AvgIpc) is 2.87.